The third-order valence-electron chi connectivity index (χ3n) is 5.58. The Labute approximate surface area is 200 Å². The van der Waals surface area contributed by atoms with Crippen molar-refractivity contribution in [2.24, 2.45) is 0 Å². The molecule has 1 amide bonds. The Bertz CT molecular complexity index is 1230. The lowest BCUT2D eigenvalue weighted by molar-refractivity contribution is 0.0729. The molecular formula is C25H28ClN3O3S. The second-order valence-corrected chi connectivity index (χ2v) is 10.6. The van der Waals surface area contributed by atoms with Crippen LogP contribution in [-0.2, 0) is 23.1 Å². The van der Waals surface area contributed by atoms with Crippen LogP contribution in [0.1, 0.15) is 40.9 Å². The van der Waals surface area contributed by atoms with Crippen molar-refractivity contribution in [1.82, 2.24) is 14.2 Å². The number of hydrogen-bond donors (Lipinski definition) is 0. The molecule has 0 aliphatic carbocycles. The first-order valence-corrected chi connectivity index (χ1v) is 12.4. The first kappa shape index (κ1) is 24.9. The molecule has 0 N–H and O–H groups in total. The number of sulfonamides is 1. The molecule has 0 saturated carbocycles. The van der Waals surface area contributed by atoms with Gasteiger partial charge in [0.1, 0.15) is 0 Å². The molecule has 174 valence electrons. The summed E-state index contributed by atoms with van der Waals surface area (Å²) >= 11 is 6.40. The zero-order valence-electron chi connectivity index (χ0n) is 19.2. The molecule has 0 aliphatic rings. The summed E-state index contributed by atoms with van der Waals surface area (Å²) in [4.78, 5) is 19.5. The van der Waals surface area contributed by atoms with Crippen molar-refractivity contribution in [3.63, 3.8) is 0 Å². The molecule has 33 heavy (non-hydrogen) atoms. The van der Waals surface area contributed by atoms with E-state index in [9.17, 15) is 13.2 Å². The van der Waals surface area contributed by atoms with Gasteiger partial charge in [-0.3, -0.25) is 9.78 Å². The standard InChI is InChI=1S/C25H28ClN3O3S/c1-18(2)28(4)33(31,32)22-11-12-24(26)23(14-22)25(30)29(16-20-9-7-13-27-15-20)17-21-10-6-5-8-19(21)3/h5-15,18H,16-17H2,1-4H3. The second-order valence-electron chi connectivity index (χ2n) is 8.21. The van der Waals surface area contributed by atoms with Crippen molar-refractivity contribution < 1.29 is 13.2 Å². The number of aromatic nitrogens is 1. The normalized spacial score (nSPS) is 11.7. The van der Waals surface area contributed by atoms with Gasteiger partial charge < -0.3 is 4.90 Å². The SMILES string of the molecule is Cc1ccccc1CN(Cc1cccnc1)C(=O)c1cc(S(=O)(=O)N(C)C(C)C)ccc1Cl. The molecule has 3 aromatic rings. The molecule has 1 heterocycles. The molecule has 0 atom stereocenters. The van der Waals surface area contributed by atoms with Crippen LogP contribution in [0.25, 0.3) is 0 Å². The van der Waals surface area contributed by atoms with Gasteiger partial charge in [0, 0.05) is 38.6 Å². The van der Waals surface area contributed by atoms with Crippen molar-refractivity contribution in [2.75, 3.05) is 7.05 Å². The second kappa shape index (κ2) is 10.5. The fourth-order valence-electron chi connectivity index (χ4n) is 3.35. The summed E-state index contributed by atoms with van der Waals surface area (Å²) in [5.41, 5.74) is 3.06. The Morgan fingerprint density at radius 2 is 1.79 bits per heavy atom. The summed E-state index contributed by atoms with van der Waals surface area (Å²) in [7, 11) is -2.25. The fraction of sp³-hybridized carbons (Fsp3) is 0.280. The quantitative estimate of drug-likeness (QED) is 0.454. The number of pyridine rings is 1. The minimum atomic E-state index is -3.77. The number of halogens is 1. The van der Waals surface area contributed by atoms with Gasteiger partial charge in [0.25, 0.3) is 5.91 Å². The average molecular weight is 486 g/mol. The first-order valence-electron chi connectivity index (χ1n) is 10.6. The average Bonchev–Trinajstić information content (AvgIpc) is 2.79. The largest absolute Gasteiger partial charge is 0.330 e. The topological polar surface area (TPSA) is 70.6 Å². The minimum Gasteiger partial charge on any atom is -0.330 e. The Morgan fingerprint density at radius 1 is 1.06 bits per heavy atom. The van der Waals surface area contributed by atoms with Crippen LogP contribution < -0.4 is 0 Å². The van der Waals surface area contributed by atoms with Crippen LogP contribution in [0.4, 0.5) is 0 Å². The summed E-state index contributed by atoms with van der Waals surface area (Å²) < 4.78 is 27.3. The van der Waals surface area contributed by atoms with E-state index in [0.717, 1.165) is 16.7 Å². The summed E-state index contributed by atoms with van der Waals surface area (Å²) in [5, 5.41) is 0.201. The Balaban J connectivity index is 2.02. The van der Waals surface area contributed by atoms with Crippen molar-refractivity contribution in [1.29, 1.82) is 0 Å². The van der Waals surface area contributed by atoms with Gasteiger partial charge in [-0.05, 0) is 61.7 Å². The van der Waals surface area contributed by atoms with Gasteiger partial charge in [0.05, 0.1) is 15.5 Å². The number of amides is 1. The van der Waals surface area contributed by atoms with Crippen molar-refractivity contribution in [3.05, 3.63) is 94.3 Å². The first-order chi connectivity index (χ1) is 15.6. The molecule has 0 unspecified atom stereocenters. The molecule has 8 heteroatoms. The monoisotopic (exact) mass is 485 g/mol. The Kier molecular flexibility index (Phi) is 7.89. The van der Waals surface area contributed by atoms with Gasteiger partial charge in [-0.1, -0.05) is 41.9 Å². The molecular weight excluding hydrogens is 458 g/mol. The van der Waals surface area contributed by atoms with Crippen LogP contribution in [0.2, 0.25) is 5.02 Å². The van der Waals surface area contributed by atoms with E-state index in [1.807, 2.05) is 43.3 Å². The molecule has 0 radical (unpaired) electrons. The molecule has 0 bridgehead atoms. The van der Waals surface area contributed by atoms with Gasteiger partial charge in [0.2, 0.25) is 10.0 Å². The van der Waals surface area contributed by atoms with Crippen molar-refractivity contribution in [2.45, 2.75) is 44.8 Å². The molecule has 1 aromatic heterocycles. The van der Waals surface area contributed by atoms with Gasteiger partial charge in [-0.25, -0.2) is 8.42 Å². The summed E-state index contributed by atoms with van der Waals surface area (Å²) in [5.74, 6) is -0.351. The van der Waals surface area contributed by atoms with E-state index in [2.05, 4.69) is 4.98 Å². The van der Waals surface area contributed by atoms with Crippen LogP contribution in [0.15, 0.2) is 71.9 Å². The molecule has 6 nitrogen and oxygen atoms in total. The third kappa shape index (κ3) is 5.79. The Hall–Kier alpha value is -2.74. The fourth-order valence-corrected chi connectivity index (χ4v) is 4.94. The highest BCUT2D eigenvalue weighted by atomic mass is 35.5. The number of hydrogen-bond acceptors (Lipinski definition) is 4. The number of nitrogens with zero attached hydrogens (tertiary/aromatic N) is 3. The lowest BCUT2D eigenvalue weighted by Crippen LogP contribution is -2.34. The van der Waals surface area contributed by atoms with E-state index >= 15 is 0 Å². The van der Waals surface area contributed by atoms with Crippen molar-refractivity contribution in [3.8, 4) is 0 Å². The number of carbonyl (C=O) groups excluding carboxylic acids is 1. The molecule has 3 rings (SSSR count). The minimum absolute atomic E-state index is 0.0312. The number of benzene rings is 2. The van der Waals surface area contributed by atoms with E-state index in [1.165, 1.54) is 29.6 Å². The summed E-state index contributed by atoms with van der Waals surface area (Å²) in [6.45, 7) is 6.22. The molecule has 0 fully saturated rings. The van der Waals surface area contributed by atoms with Crippen LogP contribution >= 0.6 is 11.6 Å². The van der Waals surface area contributed by atoms with Gasteiger partial charge in [-0.15, -0.1) is 0 Å². The predicted molar refractivity (Wildman–Crippen MR) is 131 cm³/mol. The highest BCUT2D eigenvalue weighted by molar-refractivity contribution is 7.89. The lowest BCUT2D eigenvalue weighted by atomic mass is 10.1. The highest BCUT2D eigenvalue weighted by Gasteiger charge is 2.27. The van der Waals surface area contributed by atoms with Crippen molar-refractivity contribution >= 4 is 27.5 Å². The predicted octanol–water partition coefficient (Wildman–Crippen LogP) is 4.91. The highest BCUT2D eigenvalue weighted by Crippen LogP contribution is 2.26. The maximum atomic E-state index is 13.7. The maximum absolute atomic E-state index is 13.7. The number of aryl methyl sites for hydroxylation is 1. The van der Waals surface area contributed by atoms with Crippen LogP contribution in [0.3, 0.4) is 0 Å². The van der Waals surface area contributed by atoms with E-state index in [1.54, 1.807) is 31.1 Å². The maximum Gasteiger partial charge on any atom is 0.256 e. The van der Waals surface area contributed by atoms with E-state index in [0.29, 0.717) is 13.1 Å². The zero-order valence-corrected chi connectivity index (χ0v) is 20.8. The van der Waals surface area contributed by atoms with Crippen LogP contribution in [0, 0.1) is 6.92 Å². The smallest absolute Gasteiger partial charge is 0.256 e. The zero-order chi connectivity index (χ0) is 24.2. The molecule has 0 spiro atoms. The van der Waals surface area contributed by atoms with Gasteiger partial charge in [-0.2, -0.15) is 4.31 Å². The van der Waals surface area contributed by atoms with Gasteiger partial charge in [0.15, 0.2) is 0 Å². The van der Waals surface area contributed by atoms with E-state index in [4.69, 9.17) is 11.6 Å². The van der Waals surface area contributed by atoms with Crippen LogP contribution in [0.5, 0.6) is 0 Å². The van der Waals surface area contributed by atoms with E-state index in [-0.39, 0.29) is 27.4 Å². The van der Waals surface area contributed by atoms with Gasteiger partial charge >= 0.3 is 0 Å². The summed E-state index contributed by atoms with van der Waals surface area (Å²) in [6, 6.07) is 15.6. The lowest BCUT2D eigenvalue weighted by Gasteiger charge is -2.25. The summed E-state index contributed by atoms with van der Waals surface area (Å²) in [6.07, 6.45) is 3.38. The van der Waals surface area contributed by atoms with Crippen LogP contribution in [-0.4, -0.2) is 41.6 Å². The Morgan fingerprint density at radius 3 is 2.42 bits per heavy atom. The number of carbonyl (C=O) groups is 1. The van der Waals surface area contributed by atoms with E-state index < -0.39 is 10.0 Å². The molecule has 0 aliphatic heterocycles. The number of rotatable bonds is 8. The third-order valence-corrected chi connectivity index (χ3v) is 7.94. The molecule has 2 aromatic carbocycles. The molecule has 0 saturated heterocycles.